The van der Waals surface area contributed by atoms with Gasteiger partial charge in [0.25, 0.3) is 0 Å². The normalized spacial score (nSPS) is 20.5. The summed E-state index contributed by atoms with van der Waals surface area (Å²) in [5, 5.41) is 0. The van der Waals surface area contributed by atoms with Gasteiger partial charge in [0.1, 0.15) is 0 Å². The van der Waals surface area contributed by atoms with Gasteiger partial charge >= 0.3 is 0 Å². The Kier molecular flexibility index (Phi) is 4.60. The zero-order valence-electron chi connectivity index (χ0n) is 19.2. The number of nitrogens with two attached hydrogens (primary N) is 1. The average molecular weight is 412 g/mol. The van der Waals surface area contributed by atoms with Crippen molar-refractivity contribution in [3.05, 3.63) is 71.4 Å². The first kappa shape index (κ1) is 20.4. The Labute approximate surface area is 186 Å². The van der Waals surface area contributed by atoms with Gasteiger partial charge in [-0.1, -0.05) is 64.1 Å². The summed E-state index contributed by atoms with van der Waals surface area (Å²) >= 11 is 0. The van der Waals surface area contributed by atoms with Crippen molar-refractivity contribution >= 4 is 0 Å². The summed E-state index contributed by atoms with van der Waals surface area (Å²) in [5.74, 6) is 0.765. The summed E-state index contributed by atoms with van der Waals surface area (Å²) in [5.41, 5.74) is 14.1. The third kappa shape index (κ3) is 3.49. The monoisotopic (exact) mass is 411 g/mol. The van der Waals surface area contributed by atoms with Crippen molar-refractivity contribution in [3.8, 4) is 22.6 Å². The minimum atomic E-state index is -0.134. The van der Waals surface area contributed by atoms with E-state index in [1.54, 1.807) is 0 Å². The molecule has 3 nitrogen and oxygen atoms in total. The second-order valence-corrected chi connectivity index (χ2v) is 10.9. The molecule has 2 aliphatic rings. The molecule has 2 aliphatic carbocycles. The highest BCUT2D eigenvalue weighted by molar-refractivity contribution is 5.66. The summed E-state index contributed by atoms with van der Waals surface area (Å²) in [6.07, 6.45) is 7.67. The fraction of sp³-hybridized carbons (Fsp3) is 0.429. The molecule has 0 aliphatic heterocycles. The molecule has 160 valence electrons. The Morgan fingerprint density at radius 2 is 1.39 bits per heavy atom. The van der Waals surface area contributed by atoms with Crippen molar-refractivity contribution in [2.45, 2.75) is 76.2 Å². The first-order valence-corrected chi connectivity index (χ1v) is 11.6. The van der Waals surface area contributed by atoms with Crippen molar-refractivity contribution < 1.29 is 0 Å². The van der Waals surface area contributed by atoms with E-state index < -0.39 is 0 Å². The third-order valence-electron chi connectivity index (χ3n) is 7.77. The van der Waals surface area contributed by atoms with E-state index in [4.69, 9.17) is 10.7 Å². The van der Waals surface area contributed by atoms with Gasteiger partial charge in [0.15, 0.2) is 5.82 Å². The third-order valence-corrected chi connectivity index (χ3v) is 7.77. The highest BCUT2D eigenvalue weighted by Gasteiger charge is 2.37. The van der Waals surface area contributed by atoms with Crippen LogP contribution in [-0.4, -0.2) is 9.97 Å². The predicted octanol–water partition coefficient (Wildman–Crippen LogP) is 6.50. The van der Waals surface area contributed by atoms with Crippen molar-refractivity contribution in [1.29, 1.82) is 0 Å². The molecule has 0 radical (unpaired) electrons. The molecule has 0 unspecified atom stereocenters. The molecule has 1 saturated carbocycles. The van der Waals surface area contributed by atoms with Crippen molar-refractivity contribution in [2.75, 3.05) is 0 Å². The Morgan fingerprint density at radius 3 is 2.03 bits per heavy atom. The van der Waals surface area contributed by atoms with Crippen LogP contribution in [-0.2, 0) is 16.4 Å². The number of nitrogens with zero attached hydrogens (tertiary/aromatic N) is 2. The molecule has 0 amide bonds. The van der Waals surface area contributed by atoms with Gasteiger partial charge < -0.3 is 5.73 Å². The quantitative estimate of drug-likeness (QED) is 0.535. The standard InChI is InChI=1S/C28H33N3/c1-26(2)15-16-27(3,4)23-18-20(8-11-22(23)26)24-12-17-30-25(31-24)19-6-9-21(10-7-19)28(29)13-5-14-28/h6-12,17-18H,5,13-16,29H2,1-4H3. The van der Waals surface area contributed by atoms with Crippen LogP contribution >= 0.6 is 0 Å². The van der Waals surface area contributed by atoms with Crippen LogP contribution in [0.2, 0.25) is 0 Å². The predicted molar refractivity (Wildman–Crippen MR) is 128 cm³/mol. The van der Waals surface area contributed by atoms with Crippen LogP contribution in [0.1, 0.15) is 76.5 Å². The van der Waals surface area contributed by atoms with Crippen LogP contribution in [0.15, 0.2) is 54.7 Å². The van der Waals surface area contributed by atoms with Gasteiger partial charge in [-0.05, 0) is 71.8 Å². The molecule has 2 aromatic carbocycles. The van der Waals surface area contributed by atoms with Gasteiger partial charge in [-0.3, -0.25) is 0 Å². The molecule has 1 heterocycles. The Morgan fingerprint density at radius 1 is 0.742 bits per heavy atom. The van der Waals surface area contributed by atoms with Gasteiger partial charge in [0.2, 0.25) is 0 Å². The molecule has 31 heavy (non-hydrogen) atoms. The minimum Gasteiger partial charge on any atom is -0.321 e. The molecule has 0 spiro atoms. The van der Waals surface area contributed by atoms with E-state index in [1.807, 2.05) is 12.3 Å². The van der Waals surface area contributed by atoms with E-state index in [0.717, 1.165) is 29.9 Å². The zero-order chi connectivity index (χ0) is 21.9. The van der Waals surface area contributed by atoms with E-state index in [2.05, 4.69) is 75.1 Å². The van der Waals surface area contributed by atoms with E-state index >= 15 is 0 Å². The fourth-order valence-corrected chi connectivity index (χ4v) is 5.20. The van der Waals surface area contributed by atoms with Crippen LogP contribution in [0.5, 0.6) is 0 Å². The van der Waals surface area contributed by atoms with Crippen LogP contribution in [0.25, 0.3) is 22.6 Å². The first-order valence-electron chi connectivity index (χ1n) is 11.6. The Balaban J connectivity index is 1.50. The molecule has 1 fully saturated rings. The summed E-state index contributed by atoms with van der Waals surface area (Å²) in [4.78, 5) is 9.49. The van der Waals surface area contributed by atoms with Gasteiger partial charge in [-0.15, -0.1) is 0 Å². The average Bonchev–Trinajstić information content (AvgIpc) is 2.75. The number of fused-ring (bicyclic) bond motifs is 1. The molecule has 3 aromatic rings. The second-order valence-electron chi connectivity index (χ2n) is 10.9. The molecular formula is C28H33N3. The van der Waals surface area contributed by atoms with Crippen molar-refractivity contribution in [3.63, 3.8) is 0 Å². The molecule has 0 bridgehead atoms. The van der Waals surface area contributed by atoms with Crippen LogP contribution in [0, 0.1) is 0 Å². The SMILES string of the molecule is CC1(C)CCC(C)(C)c2cc(-c3ccnc(-c4ccc(C5(N)CCC5)cc4)n3)ccc21. The summed E-state index contributed by atoms with van der Waals surface area (Å²) in [7, 11) is 0. The maximum Gasteiger partial charge on any atom is 0.159 e. The highest BCUT2D eigenvalue weighted by atomic mass is 14.9. The first-order chi connectivity index (χ1) is 14.7. The Bertz CT molecular complexity index is 1120. The van der Waals surface area contributed by atoms with Crippen LogP contribution in [0.3, 0.4) is 0 Å². The molecule has 0 saturated heterocycles. The van der Waals surface area contributed by atoms with E-state index in [1.165, 1.54) is 41.5 Å². The minimum absolute atomic E-state index is 0.134. The van der Waals surface area contributed by atoms with E-state index in [9.17, 15) is 0 Å². The van der Waals surface area contributed by atoms with Gasteiger partial charge in [0.05, 0.1) is 5.69 Å². The van der Waals surface area contributed by atoms with Crippen LogP contribution < -0.4 is 5.73 Å². The van der Waals surface area contributed by atoms with Crippen molar-refractivity contribution in [2.24, 2.45) is 5.73 Å². The van der Waals surface area contributed by atoms with Gasteiger partial charge in [-0.25, -0.2) is 9.97 Å². The van der Waals surface area contributed by atoms with E-state index in [0.29, 0.717) is 0 Å². The smallest absolute Gasteiger partial charge is 0.159 e. The molecule has 1 aromatic heterocycles. The zero-order valence-corrected chi connectivity index (χ0v) is 19.2. The second kappa shape index (κ2) is 7.00. The number of hydrogen-bond donors (Lipinski definition) is 1. The molecule has 5 rings (SSSR count). The number of hydrogen-bond acceptors (Lipinski definition) is 3. The maximum atomic E-state index is 6.48. The maximum absolute atomic E-state index is 6.48. The number of rotatable bonds is 3. The lowest BCUT2D eigenvalue weighted by atomic mass is 9.63. The topological polar surface area (TPSA) is 51.8 Å². The summed E-state index contributed by atoms with van der Waals surface area (Å²) < 4.78 is 0. The van der Waals surface area contributed by atoms with Crippen molar-refractivity contribution in [1.82, 2.24) is 9.97 Å². The number of aromatic nitrogens is 2. The molecular weight excluding hydrogens is 378 g/mol. The largest absolute Gasteiger partial charge is 0.321 e. The number of benzene rings is 2. The summed E-state index contributed by atoms with van der Waals surface area (Å²) in [6.45, 7) is 9.46. The Hall–Kier alpha value is -2.52. The van der Waals surface area contributed by atoms with E-state index in [-0.39, 0.29) is 16.4 Å². The van der Waals surface area contributed by atoms with Crippen LogP contribution in [0.4, 0.5) is 0 Å². The lowest BCUT2D eigenvalue weighted by Gasteiger charge is -2.42. The lowest BCUT2D eigenvalue weighted by Crippen LogP contribution is -2.43. The fourth-order valence-electron chi connectivity index (χ4n) is 5.20. The molecule has 0 atom stereocenters. The highest BCUT2D eigenvalue weighted by Crippen LogP contribution is 2.46. The lowest BCUT2D eigenvalue weighted by molar-refractivity contribution is 0.253. The van der Waals surface area contributed by atoms with Gasteiger partial charge in [0, 0.05) is 22.9 Å². The van der Waals surface area contributed by atoms with Gasteiger partial charge in [-0.2, -0.15) is 0 Å². The molecule has 2 N–H and O–H groups in total. The summed E-state index contributed by atoms with van der Waals surface area (Å²) in [6, 6.07) is 17.4. The molecule has 3 heteroatoms.